The van der Waals surface area contributed by atoms with Crippen molar-refractivity contribution in [1.29, 1.82) is 0 Å². The molecule has 1 aromatic carbocycles. The van der Waals surface area contributed by atoms with Gasteiger partial charge in [0.05, 0.1) is 12.3 Å². The number of pyridine rings is 1. The van der Waals surface area contributed by atoms with Crippen molar-refractivity contribution in [1.82, 2.24) is 15.0 Å². The van der Waals surface area contributed by atoms with Crippen LogP contribution in [0.5, 0.6) is 5.75 Å². The summed E-state index contributed by atoms with van der Waals surface area (Å²) in [6.45, 7) is 1.81. The van der Waals surface area contributed by atoms with E-state index in [0.29, 0.717) is 17.5 Å². The molecule has 0 aliphatic heterocycles. The van der Waals surface area contributed by atoms with Crippen molar-refractivity contribution in [2.45, 2.75) is 13.0 Å². The molecule has 0 bridgehead atoms. The molecule has 0 unspecified atom stereocenters. The summed E-state index contributed by atoms with van der Waals surface area (Å²) in [6.07, 6.45) is 3.43. The number of phenolic OH excluding ortho intramolecular Hbond substituents is 1. The van der Waals surface area contributed by atoms with E-state index in [9.17, 15) is 10.2 Å². The van der Waals surface area contributed by atoms with Crippen molar-refractivity contribution >= 4 is 17.5 Å². The summed E-state index contributed by atoms with van der Waals surface area (Å²) in [5, 5.41) is 24.9. The number of nitrogens with zero attached hydrogens (tertiary/aromatic N) is 3. The Kier molecular flexibility index (Phi) is 5.06. The van der Waals surface area contributed by atoms with Gasteiger partial charge in [-0.3, -0.25) is 4.98 Å². The number of nitrogens with one attached hydrogen (secondary N) is 2. The Morgan fingerprint density at radius 2 is 1.92 bits per heavy atom. The Bertz CT molecular complexity index is 825. The molecule has 4 N–H and O–H groups in total. The first-order valence-electron chi connectivity index (χ1n) is 7.87. The summed E-state index contributed by atoms with van der Waals surface area (Å²) in [4.78, 5) is 13.1. The molecule has 128 valence electrons. The topological polar surface area (TPSA) is 103 Å². The van der Waals surface area contributed by atoms with Crippen LogP contribution in [0.25, 0.3) is 11.3 Å². The molecular weight excluding hydrogens is 318 g/mol. The average molecular weight is 337 g/mol. The summed E-state index contributed by atoms with van der Waals surface area (Å²) in [5.41, 5.74) is 2.35. The van der Waals surface area contributed by atoms with Gasteiger partial charge >= 0.3 is 0 Å². The molecule has 0 radical (unpaired) electrons. The van der Waals surface area contributed by atoms with Gasteiger partial charge in [0.25, 0.3) is 0 Å². The van der Waals surface area contributed by atoms with Crippen LogP contribution in [0.1, 0.15) is 6.92 Å². The van der Waals surface area contributed by atoms with Crippen molar-refractivity contribution in [3.8, 4) is 17.0 Å². The van der Waals surface area contributed by atoms with Gasteiger partial charge in [0.15, 0.2) is 0 Å². The molecule has 3 aromatic rings. The Balaban J connectivity index is 1.95. The lowest BCUT2D eigenvalue weighted by molar-refractivity contribution is 0.281. The quantitative estimate of drug-likeness (QED) is 0.513. The van der Waals surface area contributed by atoms with Gasteiger partial charge in [-0.15, -0.1) is 0 Å². The first-order chi connectivity index (χ1) is 12.1. The number of hydrogen-bond acceptors (Lipinski definition) is 7. The number of benzene rings is 1. The van der Waals surface area contributed by atoms with Gasteiger partial charge in [0.1, 0.15) is 11.6 Å². The minimum Gasteiger partial charge on any atom is -0.508 e. The standard InChI is InChI=1S/C18H19N5O2/c1-12(11-24)20-18-22-16(13-3-2-8-19-10-13)9-17(23-18)21-14-4-6-15(25)7-5-14/h2-10,12,24-25H,11H2,1H3,(H2,20,21,22,23)/t12-/m0/s1. The molecule has 7 heteroatoms. The third kappa shape index (κ3) is 4.42. The van der Waals surface area contributed by atoms with E-state index >= 15 is 0 Å². The molecule has 0 fully saturated rings. The minimum absolute atomic E-state index is 0.0266. The maximum atomic E-state index is 9.39. The van der Waals surface area contributed by atoms with E-state index in [4.69, 9.17) is 0 Å². The summed E-state index contributed by atoms with van der Waals surface area (Å²) in [6, 6.07) is 12.1. The molecule has 0 saturated heterocycles. The average Bonchev–Trinajstić information content (AvgIpc) is 2.64. The van der Waals surface area contributed by atoms with Crippen LogP contribution >= 0.6 is 0 Å². The number of aromatic hydroxyl groups is 1. The van der Waals surface area contributed by atoms with E-state index in [2.05, 4.69) is 25.6 Å². The summed E-state index contributed by atoms with van der Waals surface area (Å²) in [7, 11) is 0. The second-order valence-corrected chi connectivity index (χ2v) is 5.60. The van der Waals surface area contributed by atoms with Crippen LogP contribution in [-0.2, 0) is 0 Å². The van der Waals surface area contributed by atoms with Gasteiger partial charge in [-0.05, 0) is 43.3 Å². The number of aliphatic hydroxyl groups is 1. The third-order valence-electron chi connectivity index (χ3n) is 3.47. The molecule has 0 amide bonds. The van der Waals surface area contributed by atoms with Crippen molar-refractivity contribution in [2.75, 3.05) is 17.2 Å². The van der Waals surface area contributed by atoms with E-state index in [1.165, 1.54) is 0 Å². The molecule has 0 spiro atoms. The Labute approximate surface area is 145 Å². The fourth-order valence-corrected chi connectivity index (χ4v) is 2.20. The maximum Gasteiger partial charge on any atom is 0.225 e. The van der Waals surface area contributed by atoms with Crippen LogP contribution < -0.4 is 10.6 Å². The van der Waals surface area contributed by atoms with Crippen molar-refractivity contribution in [3.05, 3.63) is 54.9 Å². The third-order valence-corrected chi connectivity index (χ3v) is 3.47. The molecule has 3 rings (SSSR count). The van der Waals surface area contributed by atoms with Gasteiger partial charge < -0.3 is 20.8 Å². The molecule has 0 aliphatic rings. The highest BCUT2D eigenvalue weighted by molar-refractivity contribution is 5.67. The van der Waals surface area contributed by atoms with E-state index in [-0.39, 0.29) is 18.4 Å². The molecule has 0 saturated carbocycles. The largest absolute Gasteiger partial charge is 0.508 e. The van der Waals surface area contributed by atoms with Crippen molar-refractivity contribution < 1.29 is 10.2 Å². The van der Waals surface area contributed by atoms with Crippen molar-refractivity contribution in [3.63, 3.8) is 0 Å². The molecule has 2 heterocycles. The number of hydrogen-bond donors (Lipinski definition) is 4. The van der Waals surface area contributed by atoms with Crippen molar-refractivity contribution in [2.24, 2.45) is 0 Å². The first-order valence-corrected chi connectivity index (χ1v) is 7.87. The molecule has 0 aliphatic carbocycles. The number of phenols is 1. The molecule has 7 nitrogen and oxygen atoms in total. The highest BCUT2D eigenvalue weighted by Gasteiger charge is 2.09. The summed E-state index contributed by atoms with van der Waals surface area (Å²) < 4.78 is 0. The van der Waals surface area contributed by atoms with Gasteiger partial charge in [0.2, 0.25) is 5.95 Å². The molecule has 25 heavy (non-hydrogen) atoms. The lowest BCUT2D eigenvalue weighted by Crippen LogP contribution is -2.21. The highest BCUT2D eigenvalue weighted by Crippen LogP contribution is 2.24. The van der Waals surface area contributed by atoms with Crippen LogP contribution in [0.2, 0.25) is 0 Å². The van der Waals surface area contributed by atoms with Crippen LogP contribution in [0.4, 0.5) is 17.5 Å². The van der Waals surface area contributed by atoms with Gasteiger partial charge in [-0.2, -0.15) is 4.98 Å². The molecule has 2 aromatic heterocycles. The molecular formula is C18H19N5O2. The zero-order chi connectivity index (χ0) is 17.6. The summed E-state index contributed by atoms with van der Waals surface area (Å²) >= 11 is 0. The predicted octanol–water partition coefficient (Wildman–Crippen LogP) is 2.78. The zero-order valence-electron chi connectivity index (χ0n) is 13.7. The second-order valence-electron chi connectivity index (χ2n) is 5.60. The zero-order valence-corrected chi connectivity index (χ0v) is 13.7. The van der Waals surface area contributed by atoms with E-state index in [0.717, 1.165) is 11.3 Å². The van der Waals surface area contributed by atoms with Gasteiger partial charge in [0, 0.05) is 35.8 Å². The lowest BCUT2D eigenvalue weighted by Gasteiger charge is -2.14. The fraction of sp³-hybridized carbons (Fsp3) is 0.167. The summed E-state index contributed by atoms with van der Waals surface area (Å²) in [5.74, 6) is 1.19. The predicted molar refractivity (Wildman–Crippen MR) is 96.8 cm³/mol. The van der Waals surface area contributed by atoms with Crippen LogP contribution in [0.3, 0.4) is 0 Å². The van der Waals surface area contributed by atoms with Crippen LogP contribution in [0.15, 0.2) is 54.9 Å². The van der Waals surface area contributed by atoms with E-state index in [1.807, 2.05) is 25.1 Å². The van der Waals surface area contributed by atoms with Crippen LogP contribution in [0, 0.1) is 0 Å². The normalized spacial score (nSPS) is 11.8. The van der Waals surface area contributed by atoms with E-state index < -0.39 is 0 Å². The Hall–Kier alpha value is -3.19. The number of aliphatic hydroxyl groups excluding tert-OH is 1. The fourth-order valence-electron chi connectivity index (χ4n) is 2.20. The SMILES string of the molecule is C[C@@H](CO)Nc1nc(Nc2ccc(O)cc2)cc(-c2cccnc2)n1. The Morgan fingerprint density at radius 3 is 2.60 bits per heavy atom. The number of rotatable bonds is 6. The number of anilines is 3. The maximum absolute atomic E-state index is 9.39. The second kappa shape index (κ2) is 7.59. The van der Waals surface area contributed by atoms with Crippen LogP contribution in [-0.4, -0.2) is 37.8 Å². The highest BCUT2D eigenvalue weighted by atomic mass is 16.3. The minimum atomic E-state index is -0.175. The Morgan fingerprint density at radius 1 is 1.12 bits per heavy atom. The van der Waals surface area contributed by atoms with Gasteiger partial charge in [-0.1, -0.05) is 0 Å². The van der Waals surface area contributed by atoms with Gasteiger partial charge in [-0.25, -0.2) is 4.98 Å². The smallest absolute Gasteiger partial charge is 0.225 e. The molecule has 1 atom stereocenters. The van der Waals surface area contributed by atoms with E-state index in [1.54, 1.807) is 36.7 Å². The monoisotopic (exact) mass is 337 g/mol. The first kappa shape index (κ1) is 16.7. The number of aromatic nitrogens is 3. The lowest BCUT2D eigenvalue weighted by atomic mass is 10.2.